The molecule has 2 saturated heterocycles. The third-order valence-corrected chi connectivity index (χ3v) is 6.68. The molecule has 2 rings (SSSR count). The van der Waals surface area contributed by atoms with Gasteiger partial charge in [-0.1, -0.05) is 19.9 Å². The number of hydrogen-bond acceptors (Lipinski definition) is 3. The standard InChI is InChI=1S/C25H49N7/c1-11-12-13-32(19-14-18(2)29-23(3,4)15-19)21(26)28-22(27-9)31(10)20-16-24(5,6)30-25(7,8)17-20/h19-20,29-30H,2,11-17H2,1,3-10H3,(H2,26,27,28). The lowest BCUT2D eigenvalue weighted by Crippen LogP contribution is -2.62. The fourth-order valence-electron chi connectivity index (χ4n) is 5.72. The lowest BCUT2D eigenvalue weighted by molar-refractivity contribution is 0.113. The maximum absolute atomic E-state index is 6.68. The smallest absolute Gasteiger partial charge is 0.223 e. The van der Waals surface area contributed by atoms with Crippen LogP contribution in [0, 0.1) is 0 Å². The molecule has 32 heavy (non-hydrogen) atoms. The number of unbranched alkanes of at least 4 members (excludes halogenated alkanes) is 1. The first-order valence-corrected chi connectivity index (χ1v) is 12.2. The molecule has 2 aliphatic heterocycles. The summed E-state index contributed by atoms with van der Waals surface area (Å²) in [5.74, 6) is 1.27. The highest BCUT2D eigenvalue weighted by Crippen LogP contribution is 2.31. The van der Waals surface area contributed by atoms with Gasteiger partial charge in [0, 0.05) is 61.5 Å². The zero-order chi connectivity index (χ0) is 24.3. The van der Waals surface area contributed by atoms with E-state index in [1.54, 1.807) is 0 Å². The molecule has 4 N–H and O–H groups in total. The van der Waals surface area contributed by atoms with Crippen molar-refractivity contribution in [3.05, 3.63) is 12.3 Å². The highest BCUT2D eigenvalue weighted by molar-refractivity contribution is 5.94. The number of nitrogens with one attached hydrogen (secondary N) is 2. The van der Waals surface area contributed by atoms with E-state index in [0.717, 1.165) is 50.8 Å². The van der Waals surface area contributed by atoms with Gasteiger partial charge in [-0.25, -0.2) is 0 Å². The van der Waals surface area contributed by atoms with Crippen LogP contribution in [-0.2, 0) is 0 Å². The van der Waals surface area contributed by atoms with Gasteiger partial charge in [0.15, 0.2) is 5.96 Å². The number of rotatable bonds is 5. The van der Waals surface area contributed by atoms with Crippen molar-refractivity contribution < 1.29 is 0 Å². The van der Waals surface area contributed by atoms with E-state index in [-0.39, 0.29) is 22.7 Å². The summed E-state index contributed by atoms with van der Waals surface area (Å²) in [5.41, 5.74) is 7.86. The van der Waals surface area contributed by atoms with Gasteiger partial charge in [0.25, 0.3) is 0 Å². The Labute approximate surface area is 197 Å². The molecule has 0 aliphatic carbocycles. The predicted octanol–water partition coefficient (Wildman–Crippen LogP) is 3.67. The van der Waals surface area contributed by atoms with Gasteiger partial charge >= 0.3 is 0 Å². The van der Waals surface area contributed by atoms with E-state index >= 15 is 0 Å². The van der Waals surface area contributed by atoms with Crippen molar-refractivity contribution in [3.63, 3.8) is 0 Å². The van der Waals surface area contributed by atoms with Crippen LogP contribution in [0.15, 0.2) is 22.3 Å². The molecule has 7 heteroatoms. The largest absolute Gasteiger partial charge is 0.384 e. The van der Waals surface area contributed by atoms with Crippen molar-refractivity contribution in [2.75, 3.05) is 20.6 Å². The van der Waals surface area contributed by atoms with Gasteiger partial charge in [-0.2, -0.15) is 4.99 Å². The van der Waals surface area contributed by atoms with Crippen molar-refractivity contribution >= 4 is 11.9 Å². The molecule has 7 nitrogen and oxygen atoms in total. The molecule has 1 atom stereocenters. The fourth-order valence-corrected chi connectivity index (χ4v) is 5.72. The van der Waals surface area contributed by atoms with E-state index in [1.165, 1.54) is 0 Å². The minimum absolute atomic E-state index is 0.00449. The fraction of sp³-hybridized carbons (Fsp3) is 0.840. The van der Waals surface area contributed by atoms with E-state index in [1.807, 2.05) is 7.05 Å². The number of aliphatic imine (C=N–C) groups is 2. The Bertz CT molecular complexity index is 704. The second-order valence-electron chi connectivity index (χ2n) is 11.8. The van der Waals surface area contributed by atoms with Crippen LogP contribution in [0.3, 0.4) is 0 Å². The highest BCUT2D eigenvalue weighted by atomic mass is 15.3. The van der Waals surface area contributed by atoms with Crippen molar-refractivity contribution in [3.8, 4) is 0 Å². The van der Waals surface area contributed by atoms with Crippen LogP contribution >= 0.6 is 0 Å². The molecule has 0 aromatic rings. The van der Waals surface area contributed by atoms with Gasteiger partial charge in [-0.15, -0.1) is 0 Å². The van der Waals surface area contributed by atoms with Crippen molar-refractivity contribution in [2.24, 2.45) is 15.7 Å². The van der Waals surface area contributed by atoms with E-state index in [0.29, 0.717) is 18.0 Å². The highest BCUT2D eigenvalue weighted by Gasteiger charge is 2.40. The first-order chi connectivity index (χ1) is 14.7. The van der Waals surface area contributed by atoms with Crippen LogP contribution in [0.5, 0.6) is 0 Å². The Hall–Kier alpha value is -1.76. The summed E-state index contributed by atoms with van der Waals surface area (Å²) in [6, 6.07) is 0.632. The van der Waals surface area contributed by atoms with Crippen LogP contribution in [0.1, 0.15) is 87.0 Å². The molecule has 0 bridgehead atoms. The number of guanidine groups is 2. The van der Waals surface area contributed by atoms with E-state index in [9.17, 15) is 0 Å². The molecule has 0 aromatic heterocycles. The predicted molar refractivity (Wildman–Crippen MR) is 138 cm³/mol. The van der Waals surface area contributed by atoms with Crippen molar-refractivity contribution in [1.29, 1.82) is 0 Å². The Morgan fingerprint density at radius 3 is 2.12 bits per heavy atom. The molecular weight excluding hydrogens is 398 g/mol. The molecule has 0 aromatic carbocycles. The third-order valence-electron chi connectivity index (χ3n) is 6.68. The SMILES string of the molecule is C=C1CC(N(CCCC)C(N)=NC(=NC)N(C)C2CC(C)(C)NC(C)(C)C2)CC(C)(C)N1. The first-order valence-electron chi connectivity index (χ1n) is 12.2. The van der Waals surface area contributed by atoms with Crippen LogP contribution in [0.4, 0.5) is 0 Å². The van der Waals surface area contributed by atoms with Gasteiger partial charge < -0.3 is 26.2 Å². The number of nitrogens with two attached hydrogens (primary N) is 1. The third kappa shape index (κ3) is 7.12. The summed E-state index contributed by atoms with van der Waals surface area (Å²) in [7, 11) is 3.92. The molecule has 2 heterocycles. The molecule has 0 amide bonds. The summed E-state index contributed by atoms with van der Waals surface area (Å²) in [6.45, 7) is 20.9. The minimum atomic E-state index is -0.00449. The second kappa shape index (κ2) is 10.0. The Morgan fingerprint density at radius 1 is 1.06 bits per heavy atom. The Morgan fingerprint density at radius 2 is 1.62 bits per heavy atom. The van der Waals surface area contributed by atoms with Crippen molar-refractivity contribution in [1.82, 2.24) is 20.4 Å². The molecule has 1 unspecified atom stereocenters. The Balaban J connectivity index is 2.27. The summed E-state index contributed by atoms with van der Waals surface area (Å²) >= 11 is 0. The molecule has 184 valence electrons. The zero-order valence-corrected chi connectivity index (χ0v) is 22.2. The van der Waals surface area contributed by atoms with Crippen LogP contribution in [0.2, 0.25) is 0 Å². The lowest BCUT2D eigenvalue weighted by Gasteiger charge is -2.49. The van der Waals surface area contributed by atoms with Crippen LogP contribution < -0.4 is 16.4 Å². The summed E-state index contributed by atoms with van der Waals surface area (Å²) in [6.07, 6.45) is 6.14. The van der Waals surface area contributed by atoms with Gasteiger partial charge in [0.05, 0.1) is 0 Å². The topological polar surface area (TPSA) is 81.3 Å². The number of nitrogens with zero attached hydrogens (tertiary/aromatic N) is 4. The summed E-state index contributed by atoms with van der Waals surface area (Å²) in [5, 5.41) is 7.29. The normalized spacial score (nSPS) is 25.9. The molecular formula is C25H49N7. The molecule has 0 radical (unpaired) electrons. The van der Waals surface area contributed by atoms with E-state index < -0.39 is 0 Å². The molecule has 0 spiro atoms. The number of piperidine rings is 2. The van der Waals surface area contributed by atoms with Crippen molar-refractivity contribution in [2.45, 2.75) is 116 Å². The number of hydrogen-bond donors (Lipinski definition) is 3. The van der Waals surface area contributed by atoms with Gasteiger partial charge in [-0.05, 0) is 67.2 Å². The maximum atomic E-state index is 6.68. The molecule has 2 fully saturated rings. The van der Waals surface area contributed by atoms with Gasteiger partial charge in [0.2, 0.25) is 5.96 Å². The van der Waals surface area contributed by atoms with Gasteiger partial charge in [0.1, 0.15) is 0 Å². The van der Waals surface area contributed by atoms with E-state index in [4.69, 9.17) is 10.7 Å². The maximum Gasteiger partial charge on any atom is 0.223 e. The second-order valence-corrected chi connectivity index (χ2v) is 11.8. The quantitative estimate of drug-likeness (QED) is 0.442. The molecule has 2 aliphatic rings. The average Bonchev–Trinajstić information content (AvgIpc) is 2.61. The van der Waals surface area contributed by atoms with E-state index in [2.05, 4.69) is 87.5 Å². The summed E-state index contributed by atoms with van der Waals surface area (Å²) < 4.78 is 0. The average molecular weight is 448 g/mol. The first kappa shape index (κ1) is 26.5. The summed E-state index contributed by atoms with van der Waals surface area (Å²) in [4.78, 5) is 13.9. The van der Waals surface area contributed by atoms with Gasteiger partial charge in [-0.3, -0.25) is 4.99 Å². The van der Waals surface area contributed by atoms with Crippen LogP contribution in [0.25, 0.3) is 0 Å². The molecule has 0 saturated carbocycles. The monoisotopic (exact) mass is 447 g/mol. The minimum Gasteiger partial charge on any atom is -0.384 e. The zero-order valence-electron chi connectivity index (χ0n) is 22.2. The van der Waals surface area contributed by atoms with Crippen LogP contribution in [-0.4, -0.2) is 71.1 Å². The Kier molecular flexibility index (Phi) is 8.30. The lowest BCUT2D eigenvalue weighted by atomic mass is 9.79.